The summed E-state index contributed by atoms with van der Waals surface area (Å²) in [7, 11) is 0. The van der Waals surface area contributed by atoms with Crippen LogP contribution in [0.4, 0.5) is 0 Å². The third-order valence-electron chi connectivity index (χ3n) is 19.9. The van der Waals surface area contributed by atoms with E-state index in [0.29, 0.717) is 0 Å². The molecular weight excluding hydrogens is 1250 g/mol. The third-order valence-corrected chi connectivity index (χ3v) is 19.9. The molecule has 12 aromatic rings. The van der Waals surface area contributed by atoms with Crippen LogP contribution in [-0.2, 0) is 19.3 Å². The number of hydrogen-bond donors (Lipinski definition) is 3. The number of rotatable bonds is 18. The second-order valence-corrected chi connectivity index (χ2v) is 26.9. The number of H-pyrrole nitrogens is 3. The number of aliphatic imine (C=N–C) groups is 3. The monoisotopic (exact) mass is 1330 g/mol. The zero-order valence-corrected chi connectivity index (χ0v) is 59.0. The van der Waals surface area contributed by atoms with Crippen LogP contribution in [0, 0.1) is 32.1 Å². The summed E-state index contributed by atoms with van der Waals surface area (Å²) in [5.74, 6) is 2.39. The van der Waals surface area contributed by atoms with Gasteiger partial charge in [0.25, 0.3) is 0 Å². The van der Waals surface area contributed by atoms with E-state index in [1.54, 1.807) is 0 Å². The Bertz CT molecular complexity index is 5550. The van der Waals surface area contributed by atoms with Crippen molar-refractivity contribution in [3.05, 3.63) is 351 Å². The second-order valence-electron chi connectivity index (χ2n) is 26.9. The van der Waals surface area contributed by atoms with Crippen molar-refractivity contribution in [1.82, 2.24) is 43.6 Å². The van der Waals surface area contributed by atoms with E-state index in [1.807, 2.05) is 36.8 Å². The first kappa shape index (κ1) is 64.9. The second kappa shape index (κ2) is 28.5. The number of aromatic amines is 3. The van der Waals surface area contributed by atoms with Gasteiger partial charge in [-0.2, -0.15) is 0 Å². The molecule has 16 rings (SSSR count). The molecule has 3 N–H and O–H groups in total. The first-order valence-electron chi connectivity index (χ1n) is 36.7. The Labute approximate surface area is 593 Å². The first-order valence-corrected chi connectivity index (χ1v) is 36.7. The molecule has 18 bridgehead atoms. The van der Waals surface area contributed by atoms with Gasteiger partial charge in [0.15, 0.2) is 0 Å². The number of nitrogens with zero attached hydrogens (tertiary/aromatic N) is 9. The number of aryl methyl sites for hydroxylation is 3. The average Bonchev–Trinajstić information content (AvgIpc) is 1.58. The van der Waals surface area contributed by atoms with Crippen LogP contribution < -0.4 is 32.1 Å². The smallest absolute Gasteiger partial charge is 0.137 e. The predicted molar refractivity (Wildman–Crippen MR) is 414 cm³/mol. The highest BCUT2D eigenvalue weighted by molar-refractivity contribution is 6.36. The molecule has 9 aromatic heterocycles. The minimum absolute atomic E-state index is 0.798. The standard InChI is InChI=1S/C90H84N12/c1-7-28-61-52-67-73-43-44-74(100(73)79-40-22-25-49-91-79)69-54-63(30-9-3)87(96-69)83(59-36-18-14-19-37-59)88-65(32-11-5)56-71(98-88)77-47-48-78(102(77)81-42-24-27-51-93-81)72-57-66(33-12-6)90(99-72)84(60-38-20-15-21-39-60)89-64(31-10-4)55-70(97-89)76-46-45-75(101(76)80-41-23-26-50-92-80)68-53-62(29-8-2)86(95-68)82(85(61)94-67)58-34-16-13-17-35-58/h13-27,34-57,94,97-98H,7-12,28-33H2,1-6H3. The van der Waals surface area contributed by atoms with Crippen LogP contribution in [0.1, 0.15) is 133 Å². The summed E-state index contributed by atoms with van der Waals surface area (Å²) in [5, 5.41) is 11.9. The van der Waals surface area contributed by atoms with Gasteiger partial charge in [-0.05, 0) is 198 Å². The van der Waals surface area contributed by atoms with Gasteiger partial charge in [-0.3, -0.25) is 13.7 Å². The molecule has 12 nitrogen and oxygen atoms in total. The molecule has 3 aromatic carbocycles. The highest BCUT2D eigenvalue weighted by Crippen LogP contribution is 2.33. The van der Waals surface area contributed by atoms with Crippen LogP contribution in [0.15, 0.2) is 269 Å². The molecule has 12 heteroatoms. The van der Waals surface area contributed by atoms with Crippen molar-refractivity contribution < 1.29 is 0 Å². The SMILES string of the molecule is CCCC1=CC2=c3ccc(n3-c3ccccn3)=c3cc(CCC)c([nH]3)=C(c3ccccc3)C3=NC(=c4ccc(n4-c4ccccn4)=c4cc(CCC)c([nH]4)=C(c4ccccc4)C4=NC(=c5ccc(n5-c5ccccn5)=c5cc(CCC)c([nH]5)=C(c5ccccc5)C1=N2)C=C4CCC)C=C3CCC. The maximum atomic E-state index is 5.91. The fourth-order valence-electron chi connectivity index (χ4n) is 15.5. The van der Waals surface area contributed by atoms with Gasteiger partial charge in [-0.1, -0.05) is 189 Å². The molecule has 0 radical (unpaired) electrons. The minimum Gasteiger partial charge on any atom is -0.353 e. The summed E-state index contributed by atoms with van der Waals surface area (Å²) in [5.41, 5.74) is 19.2. The van der Waals surface area contributed by atoms with Gasteiger partial charge in [-0.25, -0.2) is 29.9 Å². The molecule has 0 aliphatic carbocycles. The topological polar surface area (TPSA) is 138 Å². The zero-order valence-electron chi connectivity index (χ0n) is 59.0. The number of aromatic nitrogens is 9. The van der Waals surface area contributed by atoms with E-state index in [9.17, 15) is 0 Å². The van der Waals surface area contributed by atoms with Crippen LogP contribution in [-0.4, -0.2) is 60.7 Å². The zero-order chi connectivity index (χ0) is 69.2. The van der Waals surface area contributed by atoms with Crippen LogP contribution in [0.5, 0.6) is 0 Å². The molecular formula is C90H84N12. The lowest BCUT2D eigenvalue weighted by Crippen LogP contribution is -2.21. The van der Waals surface area contributed by atoms with Gasteiger partial charge in [0, 0.05) is 35.3 Å². The van der Waals surface area contributed by atoms with Gasteiger partial charge < -0.3 is 15.0 Å². The maximum Gasteiger partial charge on any atom is 0.137 e. The van der Waals surface area contributed by atoms with Crippen molar-refractivity contribution in [3.8, 4) is 17.5 Å². The van der Waals surface area contributed by atoms with E-state index < -0.39 is 0 Å². The van der Waals surface area contributed by atoms with Crippen molar-refractivity contribution in [2.75, 3.05) is 0 Å². The third kappa shape index (κ3) is 11.9. The number of pyridine rings is 3. The van der Waals surface area contributed by atoms with E-state index in [1.165, 1.54) is 33.4 Å². The van der Waals surface area contributed by atoms with Gasteiger partial charge in [0.2, 0.25) is 0 Å². The highest BCUT2D eigenvalue weighted by Gasteiger charge is 2.28. The number of nitrogens with one attached hydrogen (secondary N) is 3. The molecule has 13 heterocycles. The van der Waals surface area contributed by atoms with E-state index in [-0.39, 0.29) is 0 Å². The average molecular weight is 1330 g/mol. The molecule has 0 atom stereocenters. The molecule has 4 aliphatic rings. The maximum absolute atomic E-state index is 5.91. The number of benzene rings is 3. The molecule has 102 heavy (non-hydrogen) atoms. The lowest BCUT2D eigenvalue weighted by atomic mass is 9.92. The van der Waals surface area contributed by atoms with Gasteiger partial charge in [-0.15, -0.1) is 0 Å². The Morgan fingerprint density at radius 2 is 0.549 bits per heavy atom. The Morgan fingerprint density at radius 3 is 0.804 bits per heavy atom. The van der Waals surface area contributed by atoms with Crippen molar-refractivity contribution in [3.63, 3.8) is 0 Å². The molecule has 4 aliphatic heterocycles. The molecule has 0 unspecified atom stereocenters. The minimum atomic E-state index is 0.798. The summed E-state index contributed by atoms with van der Waals surface area (Å²) in [6.07, 6.45) is 23.3. The van der Waals surface area contributed by atoms with E-state index in [2.05, 4.69) is 270 Å². The molecule has 0 spiro atoms. The van der Waals surface area contributed by atoms with Crippen molar-refractivity contribution in [1.29, 1.82) is 0 Å². The predicted octanol–water partition coefficient (Wildman–Crippen LogP) is 14.8. The van der Waals surface area contributed by atoms with Gasteiger partial charge in [0.05, 0.1) is 98.4 Å². The summed E-state index contributed by atoms with van der Waals surface area (Å²) in [6, 6.07) is 71.7. The van der Waals surface area contributed by atoms with Gasteiger partial charge >= 0.3 is 0 Å². The van der Waals surface area contributed by atoms with Crippen LogP contribution in [0.3, 0.4) is 0 Å². The van der Waals surface area contributed by atoms with Crippen molar-refractivity contribution in [2.45, 2.75) is 119 Å². The van der Waals surface area contributed by atoms with Crippen molar-refractivity contribution >= 4 is 50.9 Å². The fourth-order valence-corrected chi connectivity index (χ4v) is 15.5. The van der Waals surface area contributed by atoms with Crippen molar-refractivity contribution in [2.24, 2.45) is 15.0 Å². The molecule has 0 saturated heterocycles. The van der Waals surface area contributed by atoms with Crippen LogP contribution in [0.25, 0.3) is 51.3 Å². The number of hydrogen-bond acceptors (Lipinski definition) is 6. The molecule has 504 valence electrons. The Balaban J connectivity index is 1.13. The number of allylic oxidation sites excluding steroid dienone is 3. The summed E-state index contributed by atoms with van der Waals surface area (Å²) in [6.45, 7) is 13.6. The Morgan fingerprint density at radius 1 is 0.284 bits per heavy atom. The lowest BCUT2D eigenvalue weighted by molar-refractivity contribution is 0.914. The normalized spacial score (nSPS) is 14.3. The highest BCUT2D eigenvalue weighted by atomic mass is 15.1. The molecule has 0 fully saturated rings. The molecule has 0 amide bonds. The summed E-state index contributed by atoms with van der Waals surface area (Å²) >= 11 is 0. The first-order chi connectivity index (χ1) is 50.3. The van der Waals surface area contributed by atoms with E-state index in [4.69, 9.17) is 29.9 Å². The lowest BCUT2D eigenvalue weighted by Gasteiger charge is -2.12. The van der Waals surface area contributed by atoms with E-state index in [0.717, 1.165) is 226 Å². The quantitative estimate of drug-likeness (QED) is 0.0789. The molecule has 0 saturated carbocycles. The summed E-state index contributed by atoms with van der Waals surface area (Å²) in [4.78, 5) is 45.6. The summed E-state index contributed by atoms with van der Waals surface area (Å²) < 4.78 is 6.90. The Hall–Kier alpha value is -11.8. The van der Waals surface area contributed by atoms with Gasteiger partial charge in [0.1, 0.15) is 17.5 Å². The number of fused-ring (bicyclic) bond motifs is 15. The van der Waals surface area contributed by atoms with E-state index >= 15 is 0 Å². The van der Waals surface area contributed by atoms with Crippen LogP contribution >= 0.6 is 0 Å². The van der Waals surface area contributed by atoms with Crippen LogP contribution in [0.2, 0.25) is 0 Å². The fraction of sp³-hybridized carbons (Fsp3) is 0.200. The largest absolute Gasteiger partial charge is 0.353 e. The Kier molecular flexibility index (Phi) is 18.1.